The molecule has 22 heavy (non-hydrogen) atoms. The second-order valence-electron chi connectivity index (χ2n) is 5.75. The fraction of sp³-hybridized carbons (Fsp3) is 0.533. The summed E-state index contributed by atoms with van der Waals surface area (Å²) in [5.74, 6) is 0.783. The third kappa shape index (κ3) is 4.09. The number of aromatic nitrogens is 5. The van der Waals surface area contributed by atoms with Crippen molar-refractivity contribution in [2.45, 2.75) is 45.6 Å². The van der Waals surface area contributed by atoms with Gasteiger partial charge in [0, 0.05) is 18.7 Å². The van der Waals surface area contributed by atoms with Gasteiger partial charge in [0.2, 0.25) is 5.91 Å². The lowest BCUT2D eigenvalue weighted by Crippen LogP contribution is -2.14. The maximum atomic E-state index is 11.6. The van der Waals surface area contributed by atoms with Crippen molar-refractivity contribution >= 4 is 11.7 Å². The van der Waals surface area contributed by atoms with E-state index in [0.717, 1.165) is 50.0 Å². The molecule has 7 nitrogen and oxygen atoms in total. The van der Waals surface area contributed by atoms with Gasteiger partial charge in [-0.15, -0.1) is 10.2 Å². The highest BCUT2D eigenvalue weighted by Crippen LogP contribution is 2.29. The molecule has 2 heterocycles. The van der Waals surface area contributed by atoms with Crippen LogP contribution in [0.3, 0.4) is 0 Å². The van der Waals surface area contributed by atoms with Crippen LogP contribution in [0.1, 0.15) is 37.1 Å². The van der Waals surface area contributed by atoms with Crippen molar-refractivity contribution in [3.05, 3.63) is 29.7 Å². The van der Waals surface area contributed by atoms with E-state index in [1.54, 1.807) is 0 Å². The Morgan fingerprint density at radius 1 is 1.27 bits per heavy atom. The van der Waals surface area contributed by atoms with E-state index in [0.29, 0.717) is 5.82 Å². The van der Waals surface area contributed by atoms with Gasteiger partial charge in [0.1, 0.15) is 0 Å². The minimum absolute atomic E-state index is 0.0603. The number of nitrogens with zero attached hydrogens (tertiary/aromatic N) is 5. The molecule has 0 unspecified atom stereocenters. The van der Waals surface area contributed by atoms with Crippen LogP contribution >= 0.6 is 0 Å². The molecule has 2 aromatic heterocycles. The molecule has 116 valence electrons. The maximum absolute atomic E-state index is 11.6. The van der Waals surface area contributed by atoms with Crippen LogP contribution in [-0.4, -0.2) is 31.1 Å². The molecule has 1 saturated carbocycles. The molecular formula is C15H20N6O. The summed E-state index contributed by atoms with van der Waals surface area (Å²) in [6, 6.07) is 3.75. The van der Waals surface area contributed by atoms with Crippen LogP contribution in [0, 0.1) is 12.8 Å². The summed E-state index contributed by atoms with van der Waals surface area (Å²) in [7, 11) is 0. The zero-order valence-electron chi connectivity index (χ0n) is 12.7. The molecule has 1 fully saturated rings. The lowest BCUT2D eigenvalue weighted by Gasteiger charge is -2.04. The molecule has 0 aromatic carbocycles. The number of amides is 1. The number of aryl methyl sites for hydroxylation is 3. The molecule has 1 amide bonds. The lowest BCUT2D eigenvalue weighted by molar-refractivity contribution is -0.117. The fourth-order valence-electron chi connectivity index (χ4n) is 2.22. The fourth-order valence-corrected chi connectivity index (χ4v) is 2.22. The first kappa shape index (κ1) is 14.6. The number of carbonyl (C=O) groups excluding carboxylic acids is 1. The van der Waals surface area contributed by atoms with E-state index < -0.39 is 0 Å². The van der Waals surface area contributed by atoms with Crippen molar-refractivity contribution in [2.24, 2.45) is 5.92 Å². The van der Waals surface area contributed by atoms with E-state index in [1.165, 1.54) is 0 Å². The van der Waals surface area contributed by atoms with Gasteiger partial charge >= 0.3 is 0 Å². The van der Waals surface area contributed by atoms with Crippen molar-refractivity contribution in [2.75, 3.05) is 5.32 Å². The average molecular weight is 300 g/mol. The summed E-state index contributed by atoms with van der Waals surface area (Å²) in [6.07, 6.45) is 6.83. The highest BCUT2D eigenvalue weighted by atomic mass is 16.2. The minimum Gasteiger partial charge on any atom is -0.309 e. The van der Waals surface area contributed by atoms with E-state index in [9.17, 15) is 4.79 Å². The number of hydrogen-bond donors (Lipinski definition) is 1. The first-order chi connectivity index (χ1) is 10.7. The highest BCUT2D eigenvalue weighted by molar-refractivity contribution is 5.93. The molecule has 1 aliphatic rings. The molecule has 0 atom stereocenters. The Hall–Kier alpha value is -2.31. The molecule has 7 heteroatoms. The van der Waals surface area contributed by atoms with Crippen LogP contribution in [0.5, 0.6) is 0 Å². The number of anilines is 1. The Morgan fingerprint density at radius 3 is 2.77 bits per heavy atom. The first-order valence-corrected chi connectivity index (χ1v) is 7.71. The van der Waals surface area contributed by atoms with Crippen molar-refractivity contribution < 1.29 is 4.79 Å². The van der Waals surface area contributed by atoms with Crippen molar-refractivity contribution in [3.63, 3.8) is 0 Å². The lowest BCUT2D eigenvalue weighted by atomic mass is 10.2. The smallest absolute Gasteiger partial charge is 0.228 e. The van der Waals surface area contributed by atoms with Crippen LogP contribution in [0.4, 0.5) is 5.82 Å². The molecule has 1 aliphatic carbocycles. The predicted molar refractivity (Wildman–Crippen MR) is 81.1 cm³/mol. The zero-order chi connectivity index (χ0) is 15.4. The van der Waals surface area contributed by atoms with Crippen LogP contribution in [0.25, 0.3) is 0 Å². The predicted octanol–water partition coefficient (Wildman–Crippen LogP) is 1.75. The summed E-state index contributed by atoms with van der Waals surface area (Å²) in [5.41, 5.74) is 1.88. The standard InChI is InChI=1S/C15H20N6O/c1-11-10-21(20-17-11)9-3-2-4-13-7-8-14(19-18-13)16-15(22)12-5-6-12/h7-8,10,12H,2-6,9H2,1H3,(H,16,19,22). The Kier molecular flexibility index (Phi) is 4.41. The van der Waals surface area contributed by atoms with Gasteiger partial charge in [-0.05, 0) is 51.2 Å². The number of rotatable bonds is 7. The highest BCUT2D eigenvalue weighted by Gasteiger charge is 2.29. The molecule has 3 rings (SSSR count). The quantitative estimate of drug-likeness (QED) is 0.787. The summed E-state index contributed by atoms with van der Waals surface area (Å²) in [4.78, 5) is 11.6. The van der Waals surface area contributed by atoms with E-state index in [4.69, 9.17) is 0 Å². The number of nitrogens with one attached hydrogen (secondary N) is 1. The Labute approximate surface area is 129 Å². The van der Waals surface area contributed by atoms with Gasteiger partial charge in [-0.25, -0.2) is 0 Å². The number of unbranched alkanes of at least 4 members (excludes halogenated alkanes) is 1. The molecule has 0 spiro atoms. The van der Waals surface area contributed by atoms with Gasteiger partial charge in [0.15, 0.2) is 5.82 Å². The van der Waals surface area contributed by atoms with E-state index in [-0.39, 0.29) is 11.8 Å². The van der Waals surface area contributed by atoms with Crippen LogP contribution in [0.15, 0.2) is 18.3 Å². The third-order valence-corrected chi connectivity index (χ3v) is 3.64. The summed E-state index contributed by atoms with van der Waals surface area (Å²) in [5, 5.41) is 19.0. The van der Waals surface area contributed by atoms with Crippen LogP contribution in [0.2, 0.25) is 0 Å². The molecule has 0 saturated heterocycles. The summed E-state index contributed by atoms with van der Waals surface area (Å²) >= 11 is 0. The first-order valence-electron chi connectivity index (χ1n) is 7.71. The minimum atomic E-state index is 0.0603. The largest absolute Gasteiger partial charge is 0.309 e. The molecule has 2 aromatic rings. The van der Waals surface area contributed by atoms with E-state index in [2.05, 4.69) is 25.8 Å². The normalized spacial score (nSPS) is 14.0. The Balaban J connectivity index is 1.39. The van der Waals surface area contributed by atoms with Crippen molar-refractivity contribution in [1.29, 1.82) is 0 Å². The molecule has 0 bridgehead atoms. The van der Waals surface area contributed by atoms with Gasteiger partial charge in [-0.1, -0.05) is 5.21 Å². The van der Waals surface area contributed by atoms with Gasteiger partial charge in [0.25, 0.3) is 0 Å². The number of carbonyl (C=O) groups is 1. The second-order valence-corrected chi connectivity index (χ2v) is 5.75. The Morgan fingerprint density at radius 2 is 2.14 bits per heavy atom. The van der Waals surface area contributed by atoms with Crippen molar-refractivity contribution in [1.82, 2.24) is 25.2 Å². The number of hydrogen-bond acceptors (Lipinski definition) is 5. The molecular weight excluding hydrogens is 280 g/mol. The maximum Gasteiger partial charge on any atom is 0.228 e. The molecule has 1 N–H and O–H groups in total. The van der Waals surface area contributed by atoms with Crippen LogP contribution in [-0.2, 0) is 17.8 Å². The Bertz CT molecular complexity index is 632. The average Bonchev–Trinajstić information content (AvgIpc) is 3.29. The van der Waals surface area contributed by atoms with Crippen LogP contribution < -0.4 is 5.32 Å². The zero-order valence-corrected chi connectivity index (χ0v) is 12.7. The van der Waals surface area contributed by atoms with Gasteiger partial charge < -0.3 is 5.32 Å². The molecule has 0 aliphatic heterocycles. The summed E-state index contributed by atoms with van der Waals surface area (Å²) < 4.78 is 1.86. The van der Waals surface area contributed by atoms with Gasteiger partial charge in [0.05, 0.1) is 11.4 Å². The van der Waals surface area contributed by atoms with Gasteiger partial charge in [-0.2, -0.15) is 5.10 Å². The SMILES string of the molecule is Cc1cn(CCCCc2ccc(NC(=O)C3CC3)nn2)nn1. The monoisotopic (exact) mass is 300 g/mol. The van der Waals surface area contributed by atoms with Crippen molar-refractivity contribution in [3.8, 4) is 0 Å². The van der Waals surface area contributed by atoms with E-state index in [1.807, 2.05) is 29.9 Å². The summed E-state index contributed by atoms with van der Waals surface area (Å²) in [6.45, 7) is 2.80. The van der Waals surface area contributed by atoms with E-state index >= 15 is 0 Å². The third-order valence-electron chi connectivity index (χ3n) is 3.64. The molecule has 0 radical (unpaired) electrons. The topological polar surface area (TPSA) is 85.6 Å². The second kappa shape index (κ2) is 6.64. The van der Waals surface area contributed by atoms with Gasteiger partial charge in [-0.3, -0.25) is 9.48 Å².